The minimum atomic E-state index is 0.199. The summed E-state index contributed by atoms with van der Waals surface area (Å²) >= 11 is 0. The molecular formula is C14H14O2. The Morgan fingerprint density at radius 2 is 1.56 bits per heavy atom. The maximum Gasteiger partial charge on any atom is 0.168 e. The van der Waals surface area contributed by atoms with Gasteiger partial charge in [-0.15, -0.1) is 0 Å². The first-order valence-electron chi connectivity index (χ1n) is 5.28. The van der Waals surface area contributed by atoms with Crippen LogP contribution in [0.1, 0.15) is 24.0 Å². The van der Waals surface area contributed by atoms with Crippen molar-refractivity contribution in [2.45, 2.75) is 12.8 Å². The molecule has 0 radical (unpaired) electrons. The van der Waals surface area contributed by atoms with Crippen LogP contribution in [0, 0.1) is 0 Å². The molecule has 1 unspecified atom stereocenters. The molecule has 0 fully saturated rings. The maximum absolute atomic E-state index is 8.81. The zero-order valence-corrected chi connectivity index (χ0v) is 9.13. The van der Waals surface area contributed by atoms with Gasteiger partial charge in [0.2, 0.25) is 0 Å². The summed E-state index contributed by atoms with van der Waals surface area (Å²) < 4.78 is 0. The molecule has 0 saturated carbocycles. The van der Waals surface area contributed by atoms with Crippen LogP contribution in [0.4, 0.5) is 0 Å². The van der Waals surface area contributed by atoms with E-state index in [2.05, 4.69) is 23.9 Å². The number of benzene rings is 2. The van der Waals surface area contributed by atoms with Crippen molar-refractivity contribution < 1.29 is 10.1 Å². The second-order valence-electron chi connectivity index (χ2n) is 3.76. The highest BCUT2D eigenvalue weighted by Crippen LogP contribution is 2.30. The second-order valence-corrected chi connectivity index (χ2v) is 3.76. The summed E-state index contributed by atoms with van der Waals surface area (Å²) in [5.74, 6) is 0.711. The first-order valence-corrected chi connectivity index (χ1v) is 5.28. The van der Waals surface area contributed by atoms with Crippen molar-refractivity contribution in [3.8, 4) is 5.75 Å². The number of para-hydroxylation sites is 1. The van der Waals surface area contributed by atoms with E-state index in [1.807, 2.05) is 36.4 Å². The maximum atomic E-state index is 8.81. The SMILES string of the molecule is CC(c1ccccc1)c1ccccc1OO. The van der Waals surface area contributed by atoms with Gasteiger partial charge >= 0.3 is 0 Å². The predicted molar refractivity (Wildman–Crippen MR) is 63.7 cm³/mol. The Balaban J connectivity index is 2.37. The Hall–Kier alpha value is -1.80. The first kappa shape index (κ1) is 10.7. The Morgan fingerprint density at radius 3 is 2.25 bits per heavy atom. The highest BCUT2D eigenvalue weighted by atomic mass is 17.1. The van der Waals surface area contributed by atoms with E-state index in [-0.39, 0.29) is 5.92 Å². The van der Waals surface area contributed by atoms with Crippen LogP contribution in [0.3, 0.4) is 0 Å². The van der Waals surface area contributed by atoms with Crippen molar-refractivity contribution >= 4 is 0 Å². The summed E-state index contributed by atoms with van der Waals surface area (Å²) in [6, 6.07) is 17.6. The van der Waals surface area contributed by atoms with Gasteiger partial charge in [-0.25, -0.2) is 5.26 Å². The zero-order valence-electron chi connectivity index (χ0n) is 9.13. The Morgan fingerprint density at radius 1 is 0.938 bits per heavy atom. The van der Waals surface area contributed by atoms with Gasteiger partial charge in [-0.2, -0.15) is 0 Å². The summed E-state index contributed by atoms with van der Waals surface area (Å²) in [7, 11) is 0. The first-order chi connectivity index (χ1) is 7.83. The Kier molecular flexibility index (Phi) is 3.22. The third-order valence-electron chi connectivity index (χ3n) is 2.78. The van der Waals surface area contributed by atoms with Gasteiger partial charge < -0.3 is 4.89 Å². The summed E-state index contributed by atoms with van der Waals surface area (Å²) in [4.78, 5) is 4.39. The number of hydrogen-bond donors (Lipinski definition) is 1. The minimum Gasteiger partial charge on any atom is -0.340 e. The minimum absolute atomic E-state index is 0.199. The summed E-state index contributed by atoms with van der Waals surface area (Å²) in [5, 5.41) is 8.81. The van der Waals surface area contributed by atoms with E-state index in [1.165, 1.54) is 5.56 Å². The van der Waals surface area contributed by atoms with Crippen LogP contribution >= 0.6 is 0 Å². The molecular weight excluding hydrogens is 200 g/mol. The molecule has 0 bridgehead atoms. The lowest BCUT2D eigenvalue weighted by atomic mass is 9.93. The molecule has 1 atom stereocenters. The lowest BCUT2D eigenvalue weighted by Gasteiger charge is -2.14. The fraction of sp³-hybridized carbons (Fsp3) is 0.143. The molecule has 0 aliphatic heterocycles. The van der Waals surface area contributed by atoms with Crippen LogP contribution in [0.2, 0.25) is 0 Å². The molecule has 0 spiro atoms. The van der Waals surface area contributed by atoms with Gasteiger partial charge in [0, 0.05) is 11.5 Å². The van der Waals surface area contributed by atoms with E-state index in [0.717, 1.165) is 5.56 Å². The summed E-state index contributed by atoms with van der Waals surface area (Å²) in [5.41, 5.74) is 2.18. The molecule has 1 N–H and O–H groups in total. The van der Waals surface area contributed by atoms with Gasteiger partial charge in [-0.05, 0) is 11.6 Å². The fourth-order valence-electron chi connectivity index (χ4n) is 1.84. The zero-order chi connectivity index (χ0) is 11.4. The molecule has 82 valence electrons. The normalized spacial score (nSPS) is 12.1. The van der Waals surface area contributed by atoms with E-state index in [0.29, 0.717) is 5.75 Å². The largest absolute Gasteiger partial charge is 0.340 e. The van der Waals surface area contributed by atoms with Crippen LogP contribution < -0.4 is 4.89 Å². The lowest BCUT2D eigenvalue weighted by molar-refractivity contribution is -0.138. The van der Waals surface area contributed by atoms with Crippen molar-refractivity contribution in [1.82, 2.24) is 0 Å². The topological polar surface area (TPSA) is 29.5 Å². The summed E-state index contributed by atoms with van der Waals surface area (Å²) in [6.45, 7) is 2.09. The standard InChI is InChI=1S/C14H14O2/c1-11(12-7-3-2-4-8-12)13-9-5-6-10-14(13)16-15/h2-11,15H,1H3. The molecule has 0 aromatic heterocycles. The molecule has 0 heterocycles. The van der Waals surface area contributed by atoms with Crippen LogP contribution in [0.15, 0.2) is 54.6 Å². The fourth-order valence-corrected chi connectivity index (χ4v) is 1.84. The van der Waals surface area contributed by atoms with Crippen LogP contribution in [0.5, 0.6) is 5.75 Å². The predicted octanol–water partition coefficient (Wildman–Crippen LogP) is 3.69. The van der Waals surface area contributed by atoms with E-state index in [4.69, 9.17) is 5.26 Å². The van der Waals surface area contributed by atoms with Gasteiger partial charge in [0.15, 0.2) is 5.75 Å². The highest BCUT2D eigenvalue weighted by molar-refractivity contribution is 5.41. The van der Waals surface area contributed by atoms with Gasteiger partial charge in [0.1, 0.15) is 0 Å². The molecule has 0 amide bonds. The Bertz CT molecular complexity index is 451. The van der Waals surface area contributed by atoms with Crippen LogP contribution in [0.25, 0.3) is 0 Å². The summed E-state index contributed by atoms with van der Waals surface area (Å²) in [6.07, 6.45) is 0. The second kappa shape index (κ2) is 4.81. The third-order valence-corrected chi connectivity index (χ3v) is 2.78. The highest BCUT2D eigenvalue weighted by Gasteiger charge is 2.12. The molecule has 16 heavy (non-hydrogen) atoms. The van der Waals surface area contributed by atoms with Crippen molar-refractivity contribution in [1.29, 1.82) is 0 Å². The molecule has 2 heteroatoms. The number of rotatable bonds is 3. The molecule has 2 nitrogen and oxygen atoms in total. The molecule has 2 aromatic carbocycles. The molecule has 2 rings (SSSR count). The van der Waals surface area contributed by atoms with E-state index >= 15 is 0 Å². The van der Waals surface area contributed by atoms with Gasteiger partial charge in [0.25, 0.3) is 0 Å². The monoisotopic (exact) mass is 214 g/mol. The van der Waals surface area contributed by atoms with Crippen molar-refractivity contribution in [3.05, 3.63) is 65.7 Å². The van der Waals surface area contributed by atoms with E-state index in [1.54, 1.807) is 6.07 Å². The van der Waals surface area contributed by atoms with E-state index in [9.17, 15) is 0 Å². The smallest absolute Gasteiger partial charge is 0.168 e. The molecule has 0 aliphatic rings. The van der Waals surface area contributed by atoms with Gasteiger partial charge in [-0.3, -0.25) is 0 Å². The number of hydrogen-bond acceptors (Lipinski definition) is 2. The van der Waals surface area contributed by atoms with Crippen LogP contribution in [-0.4, -0.2) is 5.26 Å². The van der Waals surface area contributed by atoms with Gasteiger partial charge in [-0.1, -0.05) is 55.5 Å². The average molecular weight is 214 g/mol. The third kappa shape index (κ3) is 2.07. The molecule has 2 aromatic rings. The average Bonchev–Trinajstić information content (AvgIpc) is 2.39. The van der Waals surface area contributed by atoms with Crippen molar-refractivity contribution in [2.75, 3.05) is 0 Å². The molecule has 0 aliphatic carbocycles. The Labute approximate surface area is 95.1 Å². The molecule has 0 saturated heterocycles. The van der Waals surface area contributed by atoms with Crippen LogP contribution in [-0.2, 0) is 0 Å². The van der Waals surface area contributed by atoms with E-state index < -0.39 is 0 Å². The van der Waals surface area contributed by atoms with Crippen molar-refractivity contribution in [2.24, 2.45) is 0 Å². The van der Waals surface area contributed by atoms with Crippen molar-refractivity contribution in [3.63, 3.8) is 0 Å². The quantitative estimate of drug-likeness (QED) is 0.623. The van der Waals surface area contributed by atoms with Gasteiger partial charge in [0.05, 0.1) is 0 Å². The lowest BCUT2D eigenvalue weighted by Crippen LogP contribution is -1.99.